The van der Waals surface area contributed by atoms with Crippen molar-refractivity contribution in [2.24, 2.45) is 0 Å². The van der Waals surface area contributed by atoms with Gasteiger partial charge in [-0.05, 0) is 22.3 Å². The average Bonchev–Trinajstić information content (AvgIpc) is 2.86. The molecule has 0 saturated carbocycles. The van der Waals surface area contributed by atoms with Crippen LogP contribution in [0.15, 0.2) is 121 Å². The van der Waals surface area contributed by atoms with Gasteiger partial charge in [0, 0.05) is 6.54 Å². The first-order valence-electron chi connectivity index (χ1n) is 10.5. The van der Waals surface area contributed by atoms with E-state index in [2.05, 4.69) is 127 Å². The number of rotatable bonds is 4. The van der Waals surface area contributed by atoms with Gasteiger partial charge in [-0.1, -0.05) is 121 Å². The number of hydrogen-bond acceptors (Lipinski definition) is 2. The largest absolute Gasteiger partial charge is 0.362 e. The van der Waals surface area contributed by atoms with E-state index in [0.29, 0.717) is 6.61 Å². The minimum Gasteiger partial charge on any atom is -0.362 e. The van der Waals surface area contributed by atoms with E-state index in [0.717, 1.165) is 17.7 Å². The summed E-state index contributed by atoms with van der Waals surface area (Å²) in [6.45, 7) is 1.40. The van der Waals surface area contributed by atoms with Crippen LogP contribution in [0.5, 0.6) is 0 Å². The summed E-state index contributed by atoms with van der Waals surface area (Å²) in [7, 11) is 0. The van der Waals surface area contributed by atoms with Gasteiger partial charge in [0.25, 0.3) is 0 Å². The molecule has 0 unspecified atom stereocenters. The maximum Gasteiger partial charge on any atom is 0.145 e. The standard InChI is InChI=1S/C28H25NO/c1-5-13-23(14-6-1)27(24-15-7-2-8-16-24)28(30-22-21-29-27,25-17-9-3-10-18-25)26-19-11-4-12-20-26/h1-20,29H,21-22H2. The van der Waals surface area contributed by atoms with Gasteiger partial charge >= 0.3 is 0 Å². The predicted octanol–water partition coefficient (Wildman–Crippen LogP) is 5.49. The second-order valence-electron chi connectivity index (χ2n) is 7.67. The summed E-state index contributed by atoms with van der Waals surface area (Å²) in [6, 6.07) is 42.6. The molecule has 4 aromatic rings. The Bertz CT molecular complexity index is 909. The van der Waals surface area contributed by atoms with E-state index in [-0.39, 0.29) is 0 Å². The Hall–Kier alpha value is -3.20. The SMILES string of the molecule is c1ccc(C2(c3ccccc3)NCCOC2(c2ccccc2)c2ccccc2)cc1. The van der Waals surface area contributed by atoms with E-state index in [1.165, 1.54) is 11.1 Å². The molecule has 1 aliphatic heterocycles. The summed E-state index contributed by atoms with van der Waals surface area (Å²) in [5, 5.41) is 3.93. The zero-order chi connectivity index (χ0) is 20.3. The van der Waals surface area contributed by atoms with Crippen molar-refractivity contribution in [3.63, 3.8) is 0 Å². The normalized spacial score (nSPS) is 17.3. The third-order valence-electron chi connectivity index (χ3n) is 6.11. The molecular weight excluding hydrogens is 366 g/mol. The van der Waals surface area contributed by atoms with Crippen molar-refractivity contribution >= 4 is 0 Å². The number of hydrogen-bond donors (Lipinski definition) is 1. The summed E-state index contributed by atoms with van der Waals surface area (Å²) in [5.41, 5.74) is 3.33. The highest BCUT2D eigenvalue weighted by atomic mass is 16.5. The molecule has 0 radical (unpaired) electrons. The second kappa shape index (κ2) is 7.91. The van der Waals surface area contributed by atoms with Crippen molar-refractivity contribution in [3.8, 4) is 0 Å². The van der Waals surface area contributed by atoms with Gasteiger partial charge < -0.3 is 4.74 Å². The van der Waals surface area contributed by atoms with Crippen molar-refractivity contribution in [2.45, 2.75) is 11.1 Å². The van der Waals surface area contributed by atoms with E-state index in [9.17, 15) is 0 Å². The molecule has 2 heteroatoms. The van der Waals surface area contributed by atoms with E-state index in [1.807, 2.05) is 0 Å². The van der Waals surface area contributed by atoms with E-state index in [1.54, 1.807) is 0 Å². The quantitative estimate of drug-likeness (QED) is 0.496. The molecule has 0 bridgehead atoms. The zero-order valence-corrected chi connectivity index (χ0v) is 16.9. The van der Waals surface area contributed by atoms with Crippen LogP contribution >= 0.6 is 0 Å². The fourth-order valence-corrected chi connectivity index (χ4v) is 4.94. The first-order chi connectivity index (χ1) is 14.9. The molecule has 1 fully saturated rings. The highest BCUT2D eigenvalue weighted by molar-refractivity contribution is 5.53. The van der Waals surface area contributed by atoms with Gasteiger partial charge in [0.2, 0.25) is 0 Å². The Kier molecular flexibility index (Phi) is 4.96. The van der Waals surface area contributed by atoms with Gasteiger partial charge in [0.15, 0.2) is 0 Å². The van der Waals surface area contributed by atoms with Crippen molar-refractivity contribution in [2.75, 3.05) is 13.2 Å². The average molecular weight is 392 g/mol. The minimum atomic E-state index is -0.726. The summed E-state index contributed by atoms with van der Waals surface area (Å²) in [6.07, 6.45) is 0. The number of nitrogens with one attached hydrogen (secondary N) is 1. The minimum absolute atomic E-state index is 0.587. The molecular formula is C28H25NO. The third kappa shape index (κ3) is 2.80. The van der Waals surface area contributed by atoms with Gasteiger partial charge in [-0.3, -0.25) is 5.32 Å². The Morgan fingerprint density at radius 3 is 1.27 bits per heavy atom. The molecule has 0 atom stereocenters. The summed E-state index contributed by atoms with van der Waals surface area (Å²) in [4.78, 5) is 0. The Balaban J connectivity index is 1.92. The van der Waals surface area contributed by atoms with E-state index >= 15 is 0 Å². The van der Waals surface area contributed by atoms with Gasteiger partial charge in [0.05, 0.1) is 6.61 Å². The highest BCUT2D eigenvalue weighted by Gasteiger charge is 2.58. The van der Waals surface area contributed by atoms with Crippen LogP contribution in [0, 0.1) is 0 Å². The fourth-order valence-electron chi connectivity index (χ4n) is 4.94. The van der Waals surface area contributed by atoms with Crippen LogP contribution in [0.1, 0.15) is 22.3 Å². The molecule has 0 aromatic heterocycles. The molecule has 4 aromatic carbocycles. The molecule has 0 aliphatic carbocycles. The molecule has 2 nitrogen and oxygen atoms in total. The Morgan fingerprint density at radius 1 is 0.500 bits per heavy atom. The van der Waals surface area contributed by atoms with Gasteiger partial charge in [-0.25, -0.2) is 0 Å². The third-order valence-corrected chi connectivity index (χ3v) is 6.11. The van der Waals surface area contributed by atoms with Gasteiger partial charge in [0.1, 0.15) is 11.1 Å². The summed E-state index contributed by atoms with van der Waals surface area (Å²) in [5.74, 6) is 0. The van der Waals surface area contributed by atoms with Crippen LogP contribution in [0.4, 0.5) is 0 Å². The lowest BCUT2D eigenvalue weighted by atomic mass is 9.63. The zero-order valence-electron chi connectivity index (χ0n) is 16.9. The van der Waals surface area contributed by atoms with Crippen LogP contribution in [0.2, 0.25) is 0 Å². The first-order valence-corrected chi connectivity index (χ1v) is 10.5. The summed E-state index contributed by atoms with van der Waals surface area (Å²) >= 11 is 0. The second-order valence-corrected chi connectivity index (χ2v) is 7.67. The monoisotopic (exact) mass is 391 g/mol. The van der Waals surface area contributed by atoms with Gasteiger partial charge in [-0.2, -0.15) is 0 Å². The van der Waals surface area contributed by atoms with Crippen LogP contribution in [-0.2, 0) is 15.9 Å². The summed E-state index contributed by atoms with van der Waals surface area (Å²) < 4.78 is 6.90. The maximum absolute atomic E-state index is 6.90. The Morgan fingerprint density at radius 2 is 0.867 bits per heavy atom. The lowest BCUT2D eigenvalue weighted by molar-refractivity contribution is -0.107. The molecule has 1 N–H and O–H groups in total. The Labute approximate surface area is 178 Å². The van der Waals surface area contributed by atoms with Gasteiger partial charge in [-0.15, -0.1) is 0 Å². The molecule has 0 amide bonds. The molecule has 1 aliphatic rings. The lowest BCUT2D eigenvalue weighted by Crippen LogP contribution is -2.65. The van der Waals surface area contributed by atoms with Crippen LogP contribution in [0.25, 0.3) is 0 Å². The molecule has 148 valence electrons. The molecule has 30 heavy (non-hydrogen) atoms. The van der Waals surface area contributed by atoms with E-state index < -0.39 is 11.1 Å². The van der Waals surface area contributed by atoms with Crippen LogP contribution in [-0.4, -0.2) is 13.2 Å². The molecule has 1 heterocycles. The molecule has 1 saturated heterocycles. The van der Waals surface area contributed by atoms with Crippen molar-refractivity contribution in [3.05, 3.63) is 144 Å². The molecule has 5 rings (SSSR count). The van der Waals surface area contributed by atoms with Crippen molar-refractivity contribution in [1.29, 1.82) is 0 Å². The maximum atomic E-state index is 6.90. The number of ether oxygens (including phenoxy) is 1. The number of morpholine rings is 1. The molecule has 0 spiro atoms. The van der Waals surface area contributed by atoms with Crippen LogP contribution in [0.3, 0.4) is 0 Å². The van der Waals surface area contributed by atoms with E-state index in [4.69, 9.17) is 4.74 Å². The first kappa shape index (κ1) is 18.8. The van der Waals surface area contributed by atoms with Crippen molar-refractivity contribution in [1.82, 2.24) is 5.32 Å². The van der Waals surface area contributed by atoms with Crippen molar-refractivity contribution < 1.29 is 4.74 Å². The smallest absolute Gasteiger partial charge is 0.145 e. The lowest BCUT2D eigenvalue weighted by Gasteiger charge is -2.55. The predicted molar refractivity (Wildman–Crippen MR) is 121 cm³/mol. The highest BCUT2D eigenvalue weighted by Crippen LogP contribution is 2.53. The number of benzene rings is 4. The topological polar surface area (TPSA) is 21.3 Å². The fraction of sp³-hybridized carbons (Fsp3) is 0.143. The van der Waals surface area contributed by atoms with Crippen LogP contribution < -0.4 is 5.32 Å².